The van der Waals surface area contributed by atoms with E-state index in [1.807, 2.05) is 6.07 Å². The highest BCUT2D eigenvalue weighted by Crippen LogP contribution is 2.46. The lowest BCUT2D eigenvalue weighted by Crippen LogP contribution is -2.56. The molecule has 1 heterocycles. The number of nitrogens with two attached hydrogens (primary N) is 1. The van der Waals surface area contributed by atoms with Gasteiger partial charge < -0.3 is 11.1 Å². The van der Waals surface area contributed by atoms with E-state index in [4.69, 9.17) is 0 Å². The van der Waals surface area contributed by atoms with Crippen LogP contribution in [0.2, 0.25) is 0 Å². The Morgan fingerprint density at radius 1 is 1.12 bits per heavy atom. The molecule has 0 radical (unpaired) electrons. The molecule has 0 aromatic heterocycles. The second-order valence-electron chi connectivity index (χ2n) is 8.77. The zero-order valence-electron chi connectivity index (χ0n) is 21.7. The molecule has 0 saturated carbocycles. The summed E-state index contributed by atoms with van der Waals surface area (Å²) in [5.74, 6) is -0.488. The van der Waals surface area contributed by atoms with Crippen molar-refractivity contribution in [1.82, 2.24) is 10.2 Å². The van der Waals surface area contributed by atoms with E-state index in [-0.39, 0.29) is 45.8 Å². The molecule has 1 aliphatic carbocycles. The molecular weight excluding hydrogens is 551 g/mol. The largest absolute Gasteiger partial charge is 0.416 e. The van der Waals surface area contributed by atoms with Crippen LogP contribution >= 0.6 is 0 Å². The van der Waals surface area contributed by atoms with Gasteiger partial charge in [-0.15, -0.1) is 0 Å². The van der Waals surface area contributed by atoms with E-state index in [9.17, 15) is 41.2 Å². The number of nitrogens with zero attached hydrogens (tertiary/aromatic N) is 3. The molecule has 4 rings (SSSR count). The van der Waals surface area contributed by atoms with Crippen molar-refractivity contribution in [2.45, 2.75) is 36.4 Å². The van der Waals surface area contributed by atoms with Crippen molar-refractivity contribution in [3.05, 3.63) is 70.4 Å². The van der Waals surface area contributed by atoms with Crippen molar-refractivity contribution in [2.75, 3.05) is 25.3 Å². The van der Waals surface area contributed by atoms with Crippen molar-refractivity contribution < 1.29 is 36.0 Å². The number of ketones is 1. The number of Topliss-reactive ketones (excluding diaryl/α,β-unsaturated/α-hetero) is 1. The maximum absolute atomic E-state index is 13.9. The van der Waals surface area contributed by atoms with E-state index in [2.05, 4.69) is 11.1 Å². The summed E-state index contributed by atoms with van der Waals surface area (Å²) < 4.78 is 65.8. The van der Waals surface area contributed by atoms with Gasteiger partial charge in [0.25, 0.3) is 0 Å². The second kappa shape index (κ2) is 11.5. The summed E-state index contributed by atoms with van der Waals surface area (Å²) >= 11 is 0. The van der Waals surface area contributed by atoms with Crippen molar-refractivity contribution in [1.29, 1.82) is 5.26 Å². The van der Waals surface area contributed by atoms with Crippen molar-refractivity contribution >= 4 is 33.4 Å². The Kier molecular flexibility index (Phi) is 8.71. The number of allylic oxidation sites excluding steroid dienone is 1. The van der Waals surface area contributed by atoms with Crippen molar-refractivity contribution in [3.8, 4) is 6.07 Å². The normalized spacial score (nSPS) is 17.5. The van der Waals surface area contributed by atoms with Crippen LogP contribution in [0.5, 0.6) is 0 Å². The Balaban J connectivity index is 0.00000216. The van der Waals surface area contributed by atoms with Gasteiger partial charge in [0.15, 0.2) is 15.6 Å². The molecule has 0 spiro atoms. The fourth-order valence-electron chi connectivity index (χ4n) is 4.71. The number of urea groups is 2. The van der Waals surface area contributed by atoms with Crippen molar-refractivity contribution in [2.24, 2.45) is 5.73 Å². The first-order chi connectivity index (χ1) is 18.8. The quantitative estimate of drug-likeness (QED) is 0.561. The Bertz CT molecular complexity index is 1550. The number of nitriles is 1. The standard InChI is InChI=1S/C25H21F3N4O5S.CH5N/c1-30-23(34)32-22(17-10-9-14(13-29)11-20(17)38(2,36)37)21-18(7-4-8-19(21)33)31(24(32)35)16-6-3-5-15(12-16)25(26,27)28;1-2/h3,5-6,9-12,22H,4,7-8H2,1-2H3,(H,30,34);2H2,1H3. The smallest absolute Gasteiger partial charge is 0.341 e. The van der Waals surface area contributed by atoms with Gasteiger partial charge in [-0.25, -0.2) is 22.9 Å². The van der Waals surface area contributed by atoms with Gasteiger partial charge >= 0.3 is 18.2 Å². The molecule has 1 unspecified atom stereocenters. The molecule has 0 bridgehead atoms. The van der Waals surface area contributed by atoms with Crippen LogP contribution in [0, 0.1) is 11.3 Å². The summed E-state index contributed by atoms with van der Waals surface area (Å²) in [6, 6.07) is 5.83. The summed E-state index contributed by atoms with van der Waals surface area (Å²) in [6.45, 7) is 0. The number of hydrogen-bond donors (Lipinski definition) is 2. The van der Waals surface area contributed by atoms with Crippen LogP contribution in [0.1, 0.15) is 42.0 Å². The molecule has 40 heavy (non-hydrogen) atoms. The van der Waals surface area contributed by atoms with E-state index >= 15 is 0 Å². The molecule has 10 nitrogen and oxygen atoms in total. The lowest BCUT2D eigenvalue weighted by Gasteiger charge is -2.44. The maximum atomic E-state index is 13.9. The molecule has 1 atom stereocenters. The first-order valence-electron chi connectivity index (χ1n) is 11.9. The molecule has 2 aromatic rings. The molecule has 0 fully saturated rings. The van der Waals surface area contributed by atoms with Crippen LogP contribution in [0.25, 0.3) is 0 Å². The van der Waals surface area contributed by atoms with Gasteiger partial charge in [-0.2, -0.15) is 18.4 Å². The minimum absolute atomic E-state index is 0.00225. The zero-order chi connectivity index (χ0) is 30.0. The van der Waals surface area contributed by atoms with E-state index in [1.165, 1.54) is 32.3 Å². The number of benzene rings is 2. The number of nitrogens with one attached hydrogen (secondary N) is 1. The van der Waals surface area contributed by atoms with Crippen molar-refractivity contribution in [3.63, 3.8) is 0 Å². The lowest BCUT2D eigenvalue weighted by molar-refractivity contribution is -0.137. The number of sulfone groups is 1. The topological polar surface area (TPSA) is 154 Å². The summed E-state index contributed by atoms with van der Waals surface area (Å²) in [5.41, 5.74) is 3.17. The molecular formula is C26H26F3N5O5S. The number of rotatable bonds is 3. The predicted octanol–water partition coefficient (Wildman–Crippen LogP) is 3.89. The summed E-state index contributed by atoms with van der Waals surface area (Å²) in [6.07, 6.45) is -3.41. The van der Waals surface area contributed by atoms with Gasteiger partial charge in [-0.3, -0.25) is 9.69 Å². The van der Waals surface area contributed by atoms with Gasteiger partial charge in [-0.05, 0) is 55.8 Å². The van der Waals surface area contributed by atoms with E-state index < -0.39 is 45.5 Å². The summed E-state index contributed by atoms with van der Waals surface area (Å²) in [7, 11) is -1.31. The third-order valence-corrected chi connectivity index (χ3v) is 7.48. The fraction of sp³-hybridized carbons (Fsp3) is 0.308. The molecule has 2 aliphatic rings. The molecule has 14 heteroatoms. The molecule has 2 aromatic carbocycles. The third-order valence-electron chi connectivity index (χ3n) is 6.33. The van der Waals surface area contributed by atoms with E-state index in [0.29, 0.717) is 11.3 Å². The Labute approximate surface area is 228 Å². The molecule has 212 valence electrons. The third kappa shape index (κ3) is 5.56. The molecule has 4 amide bonds. The van der Waals surface area contributed by atoms with E-state index in [0.717, 1.165) is 35.4 Å². The fourth-order valence-corrected chi connectivity index (χ4v) is 5.66. The first-order valence-corrected chi connectivity index (χ1v) is 13.8. The number of carbonyl (C=O) groups excluding carboxylic acids is 3. The highest BCUT2D eigenvalue weighted by Gasteiger charge is 2.48. The number of anilines is 1. The average molecular weight is 578 g/mol. The Morgan fingerprint density at radius 2 is 1.80 bits per heavy atom. The van der Waals surface area contributed by atoms with Gasteiger partial charge in [0, 0.05) is 31.0 Å². The SMILES string of the molecule is CN.CNC(=O)N1C(=O)N(c2cccc(C(F)(F)F)c2)C2=C(C(=O)CCC2)C1c1ccc(C#N)cc1S(C)(=O)=O. The highest BCUT2D eigenvalue weighted by molar-refractivity contribution is 7.90. The molecule has 1 aliphatic heterocycles. The Morgan fingerprint density at radius 3 is 2.38 bits per heavy atom. The van der Waals surface area contributed by atoms with Crippen LogP contribution in [0.4, 0.5) is 28.4 Å². The maximum Gasteiger partial charge on any atom is 0.416 e. The molecule has 0 saturated heterocycles. The minimum Gasteiger partial charge on any atom is -0.341 e. The summed E-state index contributed by atoms with van der Waals surface area (Å²) in [5, 5.41) is 11.6. The first kappa shape index (κ1) is 30.3. The number of alkyl halides is 3. The second-order valence-corrected chi connectivity index (χ2v) is 10.8. The van der Waals surface area contributed by atoms with Gasteiger partial charge in [-0.1, -0.05) is 12.1 Å². The Hall–Kier alpha value is -4.22. The summed E-state index contributed by atoms with van der Waals surface area (Å²) in [4.78, 5) is 41.4. The van der Waals surface area contributed by atoms with Gasteiger partial charge in [0.05, 0.1) is 27.8 Å². The molecule has 3 N–H and O–H groups in total. The number of imide groups is 1. The predicted molar refractivity (Wildman–Crippen MR) is 139 cm³/mol. The van der Waals surface area contributed by atoms with Gasteiger partial charge in [0.1, 0.15) is 6.04 Å². The van der Waals surface area contributed by atoms with E-state index in [1.54, 1.807) is 0 Å². The number of hydrogen-bond acceptors (Lipinski definition) is 7. The lowest BCUT2D eigenvalue weighted by atomic mass is 9.83. The van der Waals surface area contributed by atoms with Crippen LogP contribution < -0.4 is 16.0 Å². The van der Waals surface area contributed by atoms with Crippen LogP contribution in [0.15, 0.2) is 58.6 Å². The number of amides is 4. The number of halogens is 3. The number of carbonyl (C=O) groups is 3. The minimum atomic E-state index is -4.72. The van der Waals surface area contributed by atoms with Crippen LogP contribution in [-0.4, -0.2) is 51.5 Å². The zero-order valence-corrected chi connectivity index (χ0v) is 22.6. The van der Waals surface area contributed by atoms with Crippen LogP contribution in [-0.2, 0) is 20.8 Å². The average Bonchev–Trinajstić information content (AvgIpc) is 2.92. The van der Waals surface area contributed by atoms with Gasteiger partial charge in [0.2, 0.25) is 0 Å². The monoisotopic (exact) mass is 577 g/mol. The van der Waals surface area contributed by atoms with Crippen LogP contribution in [0.3, 0.4) is 0 Å². The highest BCUT2D eigenvalue weighted by atomic mass is 32.2.